The van der Waals surface area contributed by atoms with E-state index >= 15 is 0 Å². The molecule has 1 saturated carbocycles. The molecule has 0 amide bonds. The van der Waals surface area contributed by atoms with E-state index in [0.717, 1.165) is 17.8 Å². The maximum atomic E-state index is 2.45. The molecule has 1 fully saturated rings. The summed E-state index contributed by atoms with van der Waals surface area (Å²) < 4.78 is 0. The Balaban J connectivity index is 1.98. The minimum atomic E-state index is 0.806. The maximum absolute atomic E-state index is 2.45. The molecule has 0 aliphatic heterocycles. The molecule has 3 rings (SSSR count). The van der Waals surface area contributed by atoms with Crippen molar-refractivity contribution >= 4 is 0 Å². The van der Waals surface area contributed by atoms with Crippen LogP contribution in [0.5, 0.6) is 0 Å². The summed E-state index contributed by atoms with van der Waals surface area (Å²) in [6.07, 6.45) is 7.23. The highest BCUT2D eigenvalue weighted by Gasteiger charge is 2.34. The van der Waals surface area contributed by atoms with Crippen LogP contribution in [0.2, 0.25) is 0 Å². The van der Waals surface area contributed by atoms with Crippen LogP contribution < -0.4 is 0 Å². The topological polar surface area (TPSA) is 0 Å². The summed E-state index contributed by atoms with van der Waals surface area (Å²) in [7, 11) is 0. The summed E-state index contributed by atoms with van der Waals surface area (Å²) in [5.41, 5.74) is 3.27. The first kappa shape index (κ1) is 9.45. The second-order valence-electron chi connectivity index (χ2n) is 5.40. The summed E-state index contributed by atoms with van der Waals surface area (Å²) >= 11 is 0. The van der Waals surface area contributed by atoms with Crippen molar-refractivity contribution in [3.63, 3.8) is 0 Å². The molecule has 2 aliphatic carbocycles. The predicted molar refractivity (Wildman–Crippen MR) is 64.0 cm³/mol. The zero-order valence-corrected chi connectivity index (χ0v) is 9.58. The Morgan fingerprint density at radius 3 is 2.80 bits per heavy atom. The van der Waals surface area contributed by atoms with Crippen molar-refractivity contribution in [3.8, 4) is 0 Å². The monoisotopic (exact) mass is 200 g/mol. The van der Waals surface area contributed by atoms with Gasteiger partial charge in [-0.05, 0) is 48.1 Å². The Morgan fingerprint density at radius 2 is 1.87 bits per heavy atom. The Kier molecular flexibility index (Phi) is 2.31. The lowest BCUT2D eigenvalue weighted by molar-refractivity contribution is 0.191. The minimum absolute atomic E-state index is 0.806. The van der Waals surface area contributed by atoms with E-state index in [1.165, 1.54) is 32.1 Å². The molecule has 3 atom stereocenters. The Morgan fingerprint density at radius 1 is 1.07 bits per heavy atom. The molecule has 0 nitrogen and oxygen atoms in total. The van der Waals surface area contributed by atoms with Gasteiger partial charge in [0.15, 0.2) is 0 Å². The fourth-order valence-electron chi connectivity index (χ4n) is 3.83. The van der Waals surface area contributed by atoms with Crippen molar-refractivity contribution in [3.05, 3.63) is 35.4 Å². The van der Waals surface area contributed by atoms with E-state index in [1.54, 1.807) is 11.1 Å². The molecule has 0 heteroatoms. The van der Waals surface area contributed by atoms with Crippen molar-refractivity contribution in [2.75, 3.05) is 0 Å². The fourth-order valence-corrected chi connectivity index (χ4v) is 3.83. The van der Waals surface area contributed by atoms with Crippen LogP contribution in [0.1, 0.15) is 49.7 Å². The molecule has 15 heavy (non-hydrogen) atoms. The van der Waals surface area contributed by atoms with Gasteiger partial charge < -0.3 is 0 Å². The SMILES string of the molecule is C[C@@H]1c2ccccc2C[C@@H]2CCCC[C@H]21. The molecule has 0 aromatic heterocycles. The van der Waals surface area contributed by atoms with Gasteiger partial charge in [-0.2, -0.15) is 0 Å². The van der Waals surface area contributed by atoms with Crippen molar-refractivity contribution in [2.45, 2.75) is 44.9 Å². The lowest BCUT2D eigenvalue weighted by atomic mass is 9.64. The first-order valence-corrected chi connectivity index (χ1v) is 6.44. The van der Waals surface area contributed by atoms with Gasteiger partial charge in [0.2, 0.25) is 0 Å². The quantitative estimate of drug-likeness (QED) is 0.590. The summed E-state index contributed by atoms with van der Waals surface area (Å²) in [6.45, 7) is 2.45. The molecule has 1 aromatic carbocycles. The zero-order chi connectivity index (χ0) is 10.3. The lowest BCUT2D eigenvalue weighted by Gasteiger charge is -2.41. The van der Waals surface area contributed by atoms with Crippen LogP contribution in [0.3, 0.4) is 0 Å². The smallest absolute Gasteiger partial charge is 0.0157 e. The van der Waals surface area contributed by atoms with Gasteiger partial charge in [-0.15, -0.1) is 0 Å². The average molecular weight is 200 g/mol. The lowest BCUT2D eigenvalue weighted by Crippen LogP contribution is -2.30. The molecule has 0 N–H and O–H groups in total. The van der Waals surface area contributed by atoms with Gasteiger partial charge in [0.1, 0.15) is 0 Å². The Bertz CT molecular complexity index is 353. The molecule has 0 saturated heterocycles. The summed E-state index contributed by atoms with van der Waals surface area (Å²) in [5, 5.41) is 0. The van der Waals surface area contributed by atoms with E-state index in [4.69, 9.17) is 0 Å². The third-order valence-corrected chi connectivity index (χ3v) is 4.64. The van der Waals surface area contributed by atoms with Crippen molar-refractivity contribution in [2.24, 2.45) is 11.8 Å². The van der Waals surface area contributed by atoms with E-state index in [2.05, 4.69) is 31.2 Å². The average Bonchev–Trinajstić information content (AvgIpc) is 2.30. The van der Waals surface area contributed by atoms with E-state index in [9.17, 15) is 0 Å². The first-order chi connectivity index (χ1) is 7.36. The number of rotatable bonds is 0. The van der Waals surface area contributed by atoms with Crippen LogP contribution in [-0.4, -0.2) is 0 Å². The first-order valence-electron chi connectivity index (χ1n) is 6.44. The molecule has 1 aromatic rings. The minimum Gasteiger partial charge on any atom is -0.0620 e. The number of hydrogen-bond acceptors (Lipinski definition) is 0. The second kappa shape index (κ2) is 3.66. The highest BCUT2D eigenvalue weighted by Crippen LogP contribution is 2.46. The van der Waals surface area contributed by atoms with Gasteiger partial charge in [-0.3, -0.25) is 0 Å². The Labute approximate surface area is 92.7 Å². The van der Waals surface area contributed by atoms with Crippen LogP contribution in [0, 0.1) is 11.8 Å². The molecule has 0 radical (unpaired) electrons. The van der Waals surface area contributed by atoms with Gasteiger partial charge >= 0.3 is 0 Å². The Hall–Kier alpha value is -0.780. The number of benzene rings is 1. The highest BCUT2D eigenvalue weighted by atomic mass is 14.4. The molecular formula is C15H20. The van der Waals surface area contributed by atoms with Crippen LogP contribution in [0.4, 0.5) is 0 Å². The second-order valence-corrected chi connectivity index (χ2v) is 5.40. The van der Waals surface area contributed by atoms with Crippen molar-refractivity contribution in [1.29, 1.82) is 0 Å². The standard InChI is InChI=1S/C15H20/c1-11-14-8-4-2-6-12(14)10-13-7-3-5-9-15(11)13/h2,4,6,8,11,13,15H,3,5,7,9-10H2,1H3/t11-,13+,15+/m1/s1. The van der Waals surface area contributed by atoms with E-state index in [-0.39, 0.29) is 0 Å². The molecule has 2 aliphatic rings. The summed E-state index contributed by atoms with van der Waals surface area (Å²) in [5.74, 6) is 2.78. The molecule has 0 spiro atoms. The van der Waals surface area contributed by atoms with Gasteiger partial charge in [0.25, 0.3) is 0 Å². The molecule has 80 valence electrons. The third kappa shape index (κ3) is 1.51. The van der Waals surface area contributed by atoms with E-state index < -0.39 is 0 Å². The van der Waals surface area contributed by atoms with Crippen molar-refractivity contribution < 1.29 is 0 Å². The fraction of sp³-hybridized carbons (Fsp3) is 0.600. The van der Waals surface area contributed by atoms with Gasteiger partial charge in [0.05, 0.1) is 0 Å². The van der Waals surface area contributed by atoms with Gasteiger partial charge in [-0.25, -0.2) is 0 Å². The maximum Gasteiger partial charge on any atom is -0.0157 e. The largest absolute Gasteiger partial charge is 0.0620 e. The van der Waals surface area contributed by atoms with Crippen molar-refractivity contribution in [1.82, 2.24) is 0 Å². The number of fused-ring (bicyclic) bond motifs is 2. The van der Waals surface area contributed by atoms with Crippen LogP contribution in [0.25, 0.3) is 0 Å². The van der Waals surface area contributed by atoms with Gasteiger partial charge in [0, 0.05) is 0 Å². The van der Waals surface area contributed by atoms with E-state index in [0.29, 0.717) is 0 Å². The summed E-state index contributed by atoms with van der Waals surface area (Å²) in [6, 6.07) is 9.11. The predicted octanol–water partition coefficient (Wildman–Crippen LogP) is 4.15. The van der Waals surface area contributed by atoms with E-state index in [1.807, 2.05) is 0 Å². The summed E-state index contributed by atoms with van der Waals surface area (Å²) in [4.78, 5) is 0. The normalized spacial score (nSPS) is 34.3. The zero-order valence-electron chi connectivity index (χ0n) is 9.58. The molecule has 0 heterocycles. The van der Waals surface area contributed by atoms with Crippen LogP contribution >= 0.6 is 0 Å². The molecular weight excluding hydrogens is 180 g/mol. The third-order valence-electron chi connectivity index (χ3n) is 4.64. The molecule has 0 unspecified atom stereocenters. The highest BCUT2D eigenvalue weighted by molar-refractivity contribution is 5.33. The number of hydrogen-bond donors (Lipinski definition) is 0. The van der Waals surface area contributed by atoms with Gasteiger partial charge in [-0.1, -0.05) is 44.0 Å². The van der Waals surface area contributed by atoms with Crippen LogP contribution in [0.15, 0.2) is 24.3 Å². The molecule has 0 bridgehead atoms. The van der Waals surface area contributed by atoms with Crippen LogP contribution in [-0.2, 0) is 6.42 Å².